The van der Waals surface area contributed by atoms with Gasteiger partial charge < -0.3 is 19.5 Å². The molecule has 0 unspecified atom stereocenters. The molecule has 1 aromatic carbocycles. The monoisotopic (exact) mass is 353 g/mol. The normalized spacial score (nSPS) is 17.2. The lowest BCUT2D eigenvalue weighted by atomic mass is 10.2. The fourth-order valence-corrected chi connectivity index (χ4v) is 3.17. The molecule has 1 aliphatic carbocycles. The van der Waals surface area contributed by atoms with Crippen LogP contribution in [0.5, 0.6) is 11.5 Å². The minimum atomic E-state index is -0.617. The van der Waals surface area contributed by atoms with Crippen LogP contribution < -0.4 is 14.8 Å². The van der Waals surface area contributed by atoms with E-state index in [0.29, 0.717) is 24.7 Å². The summed E-state index contributed by atoms with van der Waals surface area (Å²) in [5, 5.41) is 3.16. The van der Waals surface area contributed by atoms with E-state index >= 15 is 0 Å². The predicted molar refractivity (Wildman–Crippen MR) is 87.7 cm³/mol. The maximum absolute atomic E-state index is 12.2. The molecule has 1 saturated carbocycles. The summed E-state index contributed by atoms with van der Waals surface area (Å²) in [6, 6.07) is 3.19. The standard InChI is InChI=1S/C17H20ClNO5/c18-13-8-11(9-14-16(13)23-7-3-6-22-14)17(21)24-10-15(20)19-12-4-1-2-5-12/h8-9,12H,1-7,10H2,(H,19,20). The zero-order chi connectivity index (χ0) is 16.9. The Morgan fingerprint density at radius 2 is 1.92 bits per heavy atom. The molecule has 0 aromatic heterocycles. The van der Waals surface area contributed by atoms with Crippen LogP contribution in [0.2, 0.25) is 5.02 Å². The summed E-state index contributed by atoms with van der Waals surface area (Å²) < 4.78 is 16.1. The van der Waals surface area contributed by atoms with E-state index in [4.69, 9.17) is 25.8 Å². The first-order chi connectivity index (χ1) is 11.6. The number of rotatable bonds is 4. The molecule has 3 rings (SSSR count). The van der Waals surface area contributed by atoms with Crippen LogP contribution in [0, 0.1) is 0 Å². The SMILES string of the molecule is O=C(COC(=O)c1cc(Cl)c2c(c1)OCCCO2)NC1CCCC1. The van der Waals surface area contributed by atoms with Crippen LogP contribution in [0.3, 0.4) is 0 Å². The van der Waals surface area contributed by atoms with Crippen molar-refractivity contribution >= 4 is 23.5 Å². The smallest absolute Gasteiger partial charge is 0.338 e. The second kappa shape index (κ2) is 7.75. The van der Waals surface area contributed by atoms with Crippen molar-refractivity contribution in [1.82, 2.24) is 5.32 Å². The number of ether oxygens (including phenoxy) is 3. The highest BCUT2D eigenvalue weighted by Gasteiger charge is 2.21. The van der Waals surface area contributed by atoms with Gasteiger partial charge in [-0.1, -0.05) is 24.4 Å². The summed E-state index contributed by atoms with van der Waals surface area (Å²) in [5.74, 6) is -0.0446. The third-order valence-corrected chi connectivity index (χ3v) is 4.37. The number of carbonyl (C=O) groups is 2. The number of esters is 1. The maximum atomic E-state index is 12.2. The van der Waals surface area contributed by atoms with Crippen LogP contribution in [0.25, 0.3) is 0 Å². The fourth-order valence-electron chi connectivity index (χ4n) is 2.90. The first kappa shape index (κ1) is 16.9. The van der Waals surface area contributed by atoms with Gasteiger partial charge in [-0.25, -0.2) is 4.79 Å². The maximum Gasteiger partial charge on any atom is 0.338 e. The number of nitrogens with one attached hydrogen (secondary N) is 1. The molecule has 2 aliphatic rings. The Bertz CT molecular complexity index is 628. The molecule has 1 N–H and O–H groups in total. The third kappa shape index (κ3) is 4.12. The lowest BCUT2D eigenvalue weighted by Crippen LogP contribution is -2.35. The molecular formula is C17H20ClNO5. The van der Waals surface area contributed by atoms with Gasteiger partial charge in [0.2, 0.25) is 0 Å². The van der Waals surface area contributed by atoms with Crippen molar-refractivity contribution in [2.75, 3.05) is 19.8 Å². The second-order valence-corrected chi connectivity index (χ2v) is 6.37. The van der Waals surface area contributed by atoms with E-state index in [2.05, 4.69) is 5.32 Å². The van der Waals surface area contributed by atoms with Gasteiger partial charge in [0.15, 0.2) is 18.1 Å². The van der Waals surface area contributed by atoms with Crippen molar-refractivity contribution in [2.45, 2.75) is 38.1 Å². The van der Waals surface area contributed by atoms with Crippen LogP contribution in [0.4, 0.5) is 0 Å². The molecule has 24 heavy (non-hydrogen) atoms. The molecule has 1 amide bonds. The molecule has 0 spiro atoms. The van der Waals surface area contributed by atoms with E-state index in [1.54, 1.807) is 0 Å². The molecule has 0 atom stereocenters. The van der Waals surface area contributed by atoms with Crippen molar-refractivity contribution in [3.8, 4) is 11.5 Å². The van der Waals surface area contributed by atoms with E-state index in [1.165, 1.54) is 12.1 Å². The highest BCUT2D eigenvalue weighted by molar-refractivity contribution is 6.32. The van der Waals surface area contributed by atoms with Crippen LogP contribution in [-0.4, -0.2) is 37.7 Å². The molecule has 1 aromatic rings. The molecule has 0 radical (unpaired) electrons. The van der Waals surface area contributed by atoms with Gasteiger partial charge >= 0.3 is 5.97 Å². The Morgan fingerprint density at radius 1 is 1.17 bits per heavy atom. The number of carbonyl (C=O) groups excluding carboxylic acids is 2. The average Bonchev–Trinajstić information content (AvgIpc) is 2.94. The lowest BCUT2D eigenvalue weighted by Gasteiger charge is -2.13. The van der Waals surface area contributed by atoms with Gasteiger partial charge in [-0.2, -0.15) is 0 Å². The van der Waals surface area contributed by atoms with Crippen molar-refractivity contribution in [2.24, 2.45) is 0 Å². The van der Waals surface area contributed by atoms with Crippen LogP contribution in [0.15, 0.2) is 12.1 Å². The Kier molecular flexibility index (Phi) is 5.45. The summed E-state index contributed by atoms with van der Waals surface area (Å²) in [6.45, 7) is 0.699. The summed E-state index contributed by atoms with van der Waals surface area (Å²) in [4.78, 5) is 24.0. The Morgan fingerprint density at radius 3 is 2.71 bits per heavy atom. The minimum Gasteiger partial charge on any atom is -0.489 e. The number of halogens is 1. The first-order valence-corrected chi connectivity index (χ1v) is 8.57. The minimum absolute atomic E-state index is 0.198. The number of benzene rings is 1. The second-order valence-electron chi connectivity index (χ2n) is 5.96. The van der Waals surface area contributed by atoms with Gasteiger partial charge in [-0.3, -0.25) is 4.79 Å². The average molecular weight is 354 g/mol. The highest BCUT2D eigenvalue weighted by atomic mass is 35.5. The number of hydrogen-bond donors (Lipinski definition) is 1. The molecular weight excluding hydrogens is 334 g/mol. The highest BCUT2D eigenvalue weighted by Crippen LogP contribution is 2.38. The van der Waals surface area contributed by atoms with Crippen LogP contribution >= 0.6 is 11.6 Å². The molecule has 130 valence electrons. The zero-order valence-electron chi connectivity index (χ0n) is 13.3. The summed E-state index contributed by atoms with van der Waals surface area (Å²) in [7, 11) is 0. The Balaban J connectivity index is 1.59. The van der Waals surface area contributed by atoms with Gasteiger partial charge in [0.1, 0.15) is 0 Å². The Labute approximate surface area is 145 Å². The number of fused-ring (bicyclic) bond motifs is 1. The fraction of sp³-hybridized carbons (Fsp3) is 0.529. The molecule has 1 fully saturated rings. The van der Waals surface area contributed by atoms with Crippen molar-refractivity contribution in [1.29, 1.82) is 0 Å². The summed E-state index contributed by atoms with van der Waals surface area (Å²) in [5.41, 5.74) is 0.234. The van der Waals surface area contributed by atoms with Crippen molar-refractivity contribution in [3.05, 3.63) is 22.7 Å². The van der Waals surface area contributed by atoms with E-state index in [-0.39, 0.29) is 29.1 Å². The number of amides is 1. The van der Waals surface area contributed by atoms with Crippen molar-refractivity contribution in [3.63, 3.8) is 0 Å². The largest absolute Gasteiger partial charge is 0.489 e. The van der Waals surface area contributed by atoms with Gasteiger partial charge in [0, 0.05) is 12.5 Å². The first-order valence-electron chi connectivity index (χ1n) is 8.19. The van der Waals surface area contributed by atoms with E-state index in [0.717, 1.165) is 32.1 Å². The zero-order valence-corrected chi connectivity index (χ0v) is 14.1. The third-order valence-electron chi connectivity index (χ3n) is 4.09. The molecule has 6 nitrogen and oxygen atoms in total. The molecule has 0 saturated heterocycles. The molecule has 1 heterocycles. The van der Waals surface area contributed by atoms with Gasteiger partial charge in [0.05, 0.1) is 23.8 Å². The lowest BCUT2D eigenvalue weighted by molar-refractivity contribution is -0.124. The Hall–Kier alpha value is -1.95. The van der Waals surface area contributed by atoms with Crippen LogP contribution in [0.1, 0.15) is 42.5 Å². The predicted octanol–water partition coefficient (Wildman–Crippen LogP) is 2.72. The topological polar surface area (TPSA) is 73.9 Å². The molecule has 0 bridgehead atoms. The number of hydrogen-bond acceptors (Lipinski definition) is 5. The van der Waals surface area contributed by atoms with Gasteiger partial charge in [-0.15, -0.1) is 0 Å². The summed E-state index contributed by atoms with van der Waals surface area (Å²) in [6.07, 6.45) is 4.96. The van der Waals surface area contributed by atoms with Gasteiger partial charge in [0.25, 0.3) is 5.91 Å². The van der Waals surface area contributed by atoms with Crippen LogP contribution in [-0.2, 0) is 9.53 Å². The quantitative estimate of drug-likeness (QED) is 0.842. The van der Waals surface area contributed by atoms with Crippen molar-refractivity contribution < 1.29 is 23.8 Å². The molecule has 1 aliphatic heterocycles. The van der Waals surface area contributed by atoms with E-state index in [9.17, 15) is 9.59 Å². The van der Waals surface area contributed by atoms with E-state index < -0.39 is 5.97 Å². The summed E-state index contributed by atoms with van der Waals surface area (Å²) >= 11 is 6.15. The van der Waals surface area contributed by atoms with Gasteiger partial charge in [-0.05, 0) is 25.0 Å². The van der Waals surface area contributed by atoms with E-state index in [1.807, 2.05) is 0 Å². The molecule has 7 heteroatoms.